The molecular formula is C27H28N4O4. The number of rotatable bonds is 6. The van der Waals surface area contributed by atoms with Crippen LogP contribution in [-0.2, 0) is 6.54 Å². The maximum atomic E-state index is 12.7. The molecular weight excluding hydrogens is 444 g/mol. The number of carbonyl (C=O) groups is 1. The van der Waals surface area contributed by atoms with Crippen LogP contribution in [0.15, 0.2) is 71.1 Å². The van der Waals surface area contributed by atoms with Gasteiger partial charge in [-0.05, 0) is 35.4 Å². The number of hydrogen-bond donors (Lipinski definition) is 1. The minimum atomic E-state index is -0.132. The normalized spacial score (nSPS) is 14.2. The third-order valence-corrected chi connectivity index (χ3v) is 6.19. The Morgan fingerprint density at radius 3 is 2.43 bits per heavy atom. The highest BCUT2D eigenvalue weighted by Crippen LogP contribution is 2.30. The molecule has 0 bridgehead atoms. The van der Waals surface area contributed by atoms with Gasteiger partial charge in [-0.1, -0.05) is 36.4 Å². The number of hydrogen-bond acceptors (Lipinski definition) is 6. The van der Waals surface area contributed by atoms with Crippen LogP contribution in [0.25, 0.3) is 22.2 Å². The maximum Gasteiger partial charge on any atom is 0.321 e. The molecule has 1 aliphatic heterocycles. The number of oxazole rings is 1. The van der Waals surface area contributed by atoms with Crippen molar-refractivity contribution < 1.29 is 18.7 Å². The van der Waals surface area contributed by atoms with E-state index in [2.05, 4.69) is 34.5 Å². The van der Waals surface area contributed by atoms with Crippen molar-refractivity contribution in [3.05, 3.63) is 72.6 Å². The zero-order chi connectivity index (χ0) is 24.2. The first kappa shape index (κ1) is 22.7. The summed E-state index contributed by atoms with van der Waals surface area (Å²) in [6.45, 7) is 3.34. The Labute approximate surface area is 204 Å². The molecule has 4 aromatic rings. The number of benzene rings is 3. The van der Waals surface area contributed by atoms with Gasteiger partial charge in [-0.3, -0.25) is 4.90 Å². The molecule has 0 spiro atoms. The molecule has 35 heavy (non-hydrogen) atoms. The highest BCUT2D eigenvalue weighted by Gasteiger charge is 2.23. The zero-order valence-electron chi connectivity index (χ0n) is 19.9. The maximum absolute atomic E-state index is 12.7. The van der Waals surface area contributed by atoms with E-state index in [1.807, 2.05) is 29.2 Å². The van der Waals surface area contributed by atoms with Gasteiger partial charge < -0.3 is 24.1 Å². The number of ether oxygens (including phenoxy) is 2. The van der Waals surface area contributed by atoms with Crippen molar-refractivity contribution in [1.82, 2.24) is 14.8 Å². The van der Waals surface area contributed by atoms with E-state index in [9.17, 15) is 4.79 Å². The van der Waals surface area contributed by atoms with Gasteiger partial charge in [0.25, 0.3) is 0 Å². The number of urea groups is 1. The smallest absolute Gasteiger partial charge is 0.321 e. The third-order valence-electron chi connectivity index (χ3n) is 6.19. The van der Waals surface area contributed by atoms with Crippen molar-refractivity contribution in [2.45, 2.75) is 6.54 Å². The van der Waals surface area contributed by atoms with Crippen LogP contribution in [-0.4, -0.2) is 61.2 Å². The van der Waals surface area contributed by atoms with Crippen molar-refractivity contribution in [2.75, 3.05) is 45.7 Å². The molecule has 2 heterocycles. The summed E-state index contributed by atoms with van der Waals surface area (Å²) in [5.41, 5.74) is 4.58. The minimum Gasteiger partial charge on any atom is -0.493 e. The Hall–Kier alpha value is -4.04. The van der Waals surface area contributed by atoms with E-state index in [-0.39, 0.29) is 6.03 Å². The molecule has 1 N–H and O–H groups in total. The first-order chi connectivity index (χ1) is 17.1. The van der Waals surface area contributed by atoms with E-state index in [0.717, 1.165) is 35.3 Å². The van der Waals surface area contributed by atoms with Gasteiger partial charge in [-0.15, -0.1) is 0 Å². The minimum absolute atomic E-state index is 0.132. The molecule has 0 unspecified atom stereocenters. The average molecular weight is 473 g/mol. The van der Waals surface area contributed by atoms with Crippen LogP contribution < -0.4 is 14.8 Å². The van der Waals surface area contributed by atoms with Crippen LogP contribution in [0.4, 0.5) is 10.5 Å². The second-order valence-corrected chi connectivity index (χ2v) is 8.42. The van der Waals surface area contributed by atoms with Gasteiger partial charge >= 0.3 is 6.03 Å². The molecule has 5 rings (SSSR count). The summed E-state index contributed by atoms with van der Waals surface area (Å²) in [6.07, 6.45) is 0. The van der Waals surface area contributed by atoms with Gasteiger partial charge in [-0.25, -0.2) is 9.78 Å². The number of methoxy groups -OCH3 is 2. The van der Waals surface area contributed by atoms with Crippen molar-refractivity contribution in [3.63, 3.8) is 0 Å². The molecule has 0 aliphatic carbocycles. The van der Waals surface area contributed by atoms with E-state index >= 15 is 0 Å². The predicted molar refractivity (Wildman–Crippen MR) is 135 cm³/mol. The highest BCUT2D eigenvalue weighted by atomic mass is 16.5. The summed E-state index contributed by atoms with van der Waals surface area (Å²) in [6, 6.07) is 21.5. The summed E-state index contributed by atoms with van der Waals surface area (Å²) in [5.74, 6) is 1.88. The fourth-order valence-electron chi connectivity index (χ4n) is 4.27. The lowest BCUT2D eigenvalue weighted by molar-refractivity contribution is 0.136. The SMILES string of the molecule is COc1ccc(NC(=O)N2CCN(Cc3nc4cc(-c5ccccc5)ccc4o3)CC2)cc1OC. The largest absolute Gasteiger partial charge is 0.493 e. The number of aromatic nitrogens is 1. The van der Waals surface area contributed by atoms with Crippen molar-refractivity contribution in [1.29, 1.82) is 0 Å². The molecule has 1 aromatic heterocycles. The lowest BCUT2D eigenvalue weighted by atomic mass is 10.1. The topological polar surface area (TPSA) is 80.1 Å². The van der Waals surface area contributed by atoms with Crippen molar-refractivity contribution in [2.24, 2.45) is 0 Å². The van der Waals surface area contributed by atoms with Crippen LogP contribution in [0, 0.1) is 0 Å². The molecule has 8 heteroatoms. The molecule has 0 atom stereocenters. The monoisotopic (exact) mass is 472 g/mol. The van der Waals surface area contributed by atoms with E-state index in [1.54, 1.807) is 32.4 Å². The Morgan fingerprint density at radius 2 is 1.69 bits per heavy atom. The van der Waals surface area contributed by atoms with Crippen molar-refractivity contribution in [3.8, 4) is 22.6 Å². The first-order valence-corrected chi connectivity index (χ1v) is 11.6. The number of anilines is 1. The van der Waals surface area contributed by atoms with E-state index < -0.39 is 0 Å². The number of piperazine rings is 1. The fraction of sp³-hybridized carbons (Fsp3) is 0.259. The predicted octanol–water partition coefficient (Wildman–Crippen LogP) is 4.86. The van der Waals surface area contributed by atoms with Crippen LogP contribution in [0.5, 0.6) is 11.5 Å². The number of carbonyl (C=O) groups excluding carboxylic acids is 1. The Bertz CT molecular complexity index is 1310. The molecule has 1 saturated heterocycles. The zero-order valence-corrected chi connectivity index (χ0v) is 19.9. The average Bonchev–Trinajstić information content (AvgIpc) is 3.31. The quantitative estimate of drug-likeness (QED) is 0.432. The molecule has 3 aromatic carbocycles. The molecule has 8 nitrogen and oxygen atoms in total. The van der Waals surface area contributed by atoms with Crippen LogP contribution in [0.1, 0.15) is 5.89 Å². The Kier molecular flexibility index (Phi) is 6.54. The number of fused-ring (bicyclic) bond motifs is 1. The summed E-state index contributed by atoms with van der Waals surface area (Å²) < 4.78 is 16.6. The van der Waals surface area contributed by atoms with Gasteiger partial charge in [0, 0.05) is 37.9 Å². The summed E-state index contributed by atoms with van der Waals surface area (Å²) in [7, 11) is 3.15. The summed E-state index contributed by atoms with van der Waals surface area (Å²) in [4.78, 5) is 21.5. The van der Waals surface area contributed by atoms with Gasteiger partial charge in [-0.2, -0.15) is 0 Å². The van der Waals surface area contributed by atoms with E-state index in [0.29, 0.717) is 42.7 Å². The lowest BCUT2D eigenvalue weighted by Crippen LogP contribution is -2.49. The van der Waals surface area contributed by atoms with Crippen LogP contribution in [0.3, 0.4) is 0 Å². The van der Waals surface area contributed by atoms with Crippen LogP contribution in [0.2, 0.25) is 0 Å². The van der Waals surface area contributed by atoms with Gasteiger partial charge in [0.2, 0.25) is 5.89 Å². The van der Waals surface area contributed by atoms with Gasteiger partial charge in [0.1, 0.15) is 5.52 Å². The van der Waals surface area contributed by atoms with Gasteiger partial charge in [0.05, 0.1) is 20.8 Å². The molecule has 1 aliphatic rings. The molecule has 1 fully saturated rings. The second kappa shape index (κ2) is 10.1. The number of nitrogens with zero attached hydrogens (tertiary/aromatic N) is 3. The summed E-state index contributed by atoms with van der Waals surface area (Å²) >= 11 is 0. The van der Waals surface area contributed by atoms with Crippen molar-refractivity contribution >= 4 is 22.8 Å². The number of nitrogens with one attached hydrogen (secondary N) is 1. The lowest BCUT2D eigenvalue weighted by Gasteiger charge is -2.34. The highest BCUT2D eigenvalue weighted by molar-refractivity contribution is 5.89. The number of amides is 2. The van der Waals surface area contributed by atoms with Crippen LogP contribution >= 0.6 is 0 Å². The first-order valence-electron chi connectivity index (χ1n) is 11.6. The van der Waals surface area contributed by atoms with E-state index in [4.69, 9.17) is 18.9 Å². The molecule has 0 saturated carbocycles. The molecule has 2 amide bonds. The Balaban J connectivity index is 1.17. The van der Waals surface area contributed by atoms with Gasteiger partial charge in [0.15, 0.2) is 17.1 Å². The summed E-state index contributed by atoms with van der Waals surface area (Å²) in [5, 5.41) is 2.94. The van der Waals surface area contributed by atoms with E-state index in [1.165, 1.54) is 0 Å². The fourth-order valence-corrected chi connectivity index (χ4v) is 4.27. The molecule has 180 valence electrons. The second-order valence-electron chi connectivity index (χ2n) is 8.42. The molecule has 0 radical (unpaired) electrons. The standard InChI is InChI=1S/C27H28N4O4/c1-33-24-11-9-21(17-25(24)34-2)28-27(32)31-14-12-30(13-15-31)18-26-29-22-16-20(8-10-23(22)35-26)19-6-4-3-5-7-19/h3-11,16-17H,12-15,18H2,1-2H3,(H,28,32). The third kappa shape index (κ3) is 5.07. The Morgan fingerprint density at radius 1 is 0.914 bits per heavy atom.